The highest BCUT2D eigenvalue weighted by Gasteiger charge is 1.84. The zero-order valence-corrected chi connectivity index (χ0v) is 12.3. The van der Waals surface area contributed by atoms with E-state index in [1.54, 1.807) is 0 Å². The number of carbonyl (C=O) groups is 1. The van der Waals surface area contributed by atoms with Gasteiger partial charge in [-0.3, -0.25) is 4.79 Å². The molecular weight excluding hydrogens is 232 g/mol. The number of unbranched alkanes of at least 4 members (excludes halogenated alkanes) is 6. The highest BCUT2D eigenvalue weighted by Crippen LogP contribution is 2.00. The Morgan fingerprint density at radius 2 is 1.06 bits per heavy atom. The zero-order chi connectivity index (χ0) is 14.6. The Bertz CT molecular complexity index is 124. The van der Waals surface area contributed by atoms with Crippen molar-refractivity contribution in [2.24, 2.45) is 0 Å². The van der Waals surface area contributed by atoms with E-state index < -0.39 is 5.97 Å². The van der Waals surface area contributed by atoms with Crippen LogP contribution in [-0.2, 0) is 4.79 Å². The van der Waals surface area contributed by atoms with Gasteiger partial charge in [0.25, 0.3) is 5.97 Å². The molecule has 0 amide bonds. The van der Waals surface area contributed by atoms with Gasteiger partial charge in [-0.25, -0.2) is 0 Å². The smallest absolute Gasteiger partial charge is 0.300 e. The van der Waals surface area contributed by atoms with Gasteiger partial charge in [0.2, 0.25) is 0 Å². The molecule has 0 saturated heterocycles. The summed E-state index contributed by atoms with van der Waals surface area (Å²) in [5.74, 6) is -0.833. The molecule has 3 N–H and O–H groups in total. The van der Waals surface area contributed by atoms with E-state index in [0.717, 1.165) is 26.2 Å². The van der Waals surface area contributed by atoms with Crippen LogP contribution in [0.25, 0.3) is 0 Å². The molecule has 0 atom stereocenters. The van der Waals surface area contributed by atoms with Crippen LogP contribution in [0.1, 0.15) is 72.1 Å². The molecule has 0 bridgehead atoms. The van der Waals surface area contributed by atoms with Gasteiger partial charge in [0.05, 0.1) is 0 Å². The van der Waals surface area contributed by atoms with Crippen LogP contribution >= 0.6 is 0 Å². The average Bonchev–Trinajstić information content (AvgIpc) is 2.32. The maximum Gasteiger partial charge on any atom is 0.300 e. The van der Waals surface area contributed by atoms with E-state index in [1.807, 2.05) is 0 Å². The van der Waals surface area contributed by atoms with Crippen molar-refractivity contribution in [3.63, 3.8) is 0 Å². The van der Waals surface area contributed by atoms with Crippen molar-refractivity contribution in [1.82, 2.24) is 0 Å². The van der Waals surface area contributed by atoms with Gasteiger partial charge in [-0.15, -0.1) is 0 Å². The normalized spacial score (nSPS) is 8.72. The van der Waals surface area contributed by atoms with E-state index in [0.29, 0.717) is 13.2 Å². The topological polar surface area (TPSA) is 77.8 Å². The molecule has 0 saturated carbocycles. The fourth-order valence-electron chi connectivity index (χ4n) is 1.08. The summed E-state index contributed by atoms with van der Waals surface area (Å²) in [6, 6.07) is 0. The van der Waals surface area contributed by atoms with Crippen LogP contribution in [0.3, 0.4) is 0 Å². The molecule has 4 heteroatoms. The first kappa shape index (κ1) is 22.6. The molecule has 4 nitrogen and oxygen atoms in total. The fourth-order valence-corrected chi connectivity index (χ4v) is 1.08. The summed E-state index contributed by atoms with van der Waals surface area (Å²) >= 11 is 0. The Kier molecular flexibility index (Phi) is 31.7. The van der Waals surface area contributed by atoms with Gasteiger partial charge in [-0.2, -0.15) is 0 Å². The molecule has 0 aromatic heterocycles. The van der Waals surface area contributed by atoms with Crippen LogP contribution < -0.4 is 0 Å². The van der Waals surface area contributed by atoms with Gasteiger partial charge in [0.1, 0.15) is 0 Å². The molecule has 0 radical (unpaired) electrons. The largest absolute Gasteiger partial charge is 0.481 e. The van der Waals surface area contributed by atoms with E-state index in [-0.39, 0.29) is 0 Å². The van der Waals surface area contributed by atoms with Crippen LogP contribution in [0, 0.1) is 0 Å². The maximum atomic E-state index is 9.00. The van der Waals surface area contributed by atoms with Crippen molar-refractivity contribution in [2.75, 3.05) is 13.2 Å². The third-order valence-electron chi connectivity index (χ3n) is 2.02. The molecule has 0 aliphatic carbocycles. The number of rotatable bonds is 8. The second-order valence-electron chi connectivity index (χ2n) is 4.09. The number of carboxylic acids is 1. The molecule has 112 valence electrons. The molecule has 0 aromatic carbocycles. The van der Waals surface area contributed by atoms with Crippen molar-refractivity contribution in [3.05, 3.63) is 0 Å². The van der Waals surface area contributed by atoms with Crippen molar-refractivity contribution in [3.8, 4) is 0 Å². The minimum Gasteiger partial charge on any atom is -0.481 e. The molecular formula is C14H32O4. The van der Waals surface area contributed by atoms with E-state index in [4.69, 9.17) is 20.1 Å². The van der Waals surface area contributed by atoms with E-state index in [1.165, 1.54) is 32.1 Å². The van der Waals surface area contributed by atoms with Crippen molar-refractivity contribution >= 4 is 5.97 Å². The monoisotopic (exact) mass is 264 g/mol. The summed E-state index contributed by atoms with van der Waals surface area (Å²) in [6.45, 7) is 6.12. The number of carboxylic acid groups (broad SMARTS) is 1. The molecule has 0 heterocycles. The molecule has 0 aliphatic heterocycles. The van der Waals surface area contributed by atoms with Crippen LogP contribution in [0.2, 0.25) is 0 Å². The zero-order valence-electron chi connectivity index (χ0n) is 12.3. The minimum atomic E-state index is -0.833. The molecule has 18 heavy (non-hydrogen) atoms. The Balaban J connectivity index is -0.000000200. The third-order valence-corrected chi connectivity index (χ3v) is 2.02. The predicted octanol–water partition coefficient (Wildman–Crippen LogP) is 3.21. The summed E-state index contributed by atoms with van der Waals surface area (Å²) in [5.41, 5.74) is 0. The standard InChI is InChI=1S/C7H16O.C5H12O.C2H4O2/c1-2-3-4-5-6-7-8;1-2-3-4-5-6;1-2(3)4/h8H,2-7H2,1H3;6H,2-5H2,1H3;1H3,(H,3,4). The summed E-state index contributed by atoms with van der Waals surface area (Å²) in [7, 11) is 0. The van der Waals surface area contributed by atoms with Gasteiger partial charge in [0.15, 0.2) is 0 Å². The molecule has 0 aliphatic rings. The Morgan fingerprint density at radius 1 is 0.778 bits per heavy atom. The number of hydrogen-bond acceptors (Lipinski definition) is 3. The van der Waals surface area contributed by atoms with Crippen LogP contribution in [-0.4, -0.2) is 34.5 Å². The van der Waals surface area contributed by atoms with Gasteiger partial charge in [-0.1, -0.05) is 52.4 Å². The molecule has 0 aromatic rings. The average molecular weight is 264 g/mol. The number of aliphatic hydroxyl groups is 2. The quantitative estimate of drug-likeness (QED) is 0.588. The lowest BCUT2D eigenvalue weighted by atomic mass is 10.2. The van der Waals surface area contributed by atoms with Crippen molar-refractivity contribution in [1.29, 1.82) is 0 Å². The first-order valence-electron chi connectivity index (χ1n) is 6.97. The Hall–Kier alpha value is -0.610. The van der Waals surface area contributed by atoms with Crippen LogP contribution in [0.5, 0.6) is 0 Å². The van der Waals surface area contributed by atoms with Gasteiger partial charge in [-0.05, 0) is 12.8 Å². The summed E-state index contributed by atoms with van der Waals surface area (Å²) in [4.78, 5) is 9.00. The van der Waals surface area contributed by atoms with E-state index in [9.17, 15) is 0 Å². The van der Waals surface area contributed by atoms with Gasteiger partial charge in [0, 0.05) is 20.1 Å². The molecule has 0 spiro atoms. The molecule has 0 fully saturated rings. The van der Waals surface area contributed by atoms with Crippen LogP contribution in [0.15, 0.2) is 0 Å². The second-order valence-corrected chi connectivity index (χ2v) is 4.09. The SMILES string of the molecule is CC(=O)O.CCCCCCCO.CCCCCO. The number of aliphatic carboxylic acids is 1. The Labute approximate surface area is 112 Å². The summed E-state index contributed by atoms with van der Waals surface area (Å²) < 4.78 is 0. The molecule has 0 rings (SSSR count). The van der Waals surface area contributed by atoms with Gasteiger partial charge < -0.3 is 15.3 Å². The first-order valence-corrected chi connectivity index (χ1v) is 6.97. The first-order chi connectivity index (χ1) is 8.56. The predicted molar refractivity (Wildman–Crippen MR) is 75.8 cm³/mol. The highest BCUT2D eigenvalue weighted by molar-refractivity contribution is 5.62. The van der Waals surface area contributed by atoms with Crippen molar-refractivity contribution in [2.45, 2.75) is 72.1 Å². The van der Waals surface area contributed by atoms with E-state index in [2.05, 4.69) is 13.8 Å². The molecule has 0 unspecified atom stereocenters. The Morgan fingerprint density at radius 3 is 1.33 bits per heavy atom. The lowest BCUT2D eigenvalue weighted by molar-refractivity contribution is -0.134. The lowest BCUT2D eigenvalue weighted by Crippen LogP contribution is -1.81. The minimum absolute atomic E-state index is 0.355. The maximum absolute atomic E-state index is 9.00. The van der Waals surface area contributed by atoms with E-state index >= 15 is 0 Å². The highest BCUT2D eigenvalue weighted by atomic mass is 16.4. The number of aliphatic hydroxyl groups excluding tert-OH is 2. The van der Waals surface area contributed by atoms with Crippen LogP contribution in [0.4, 0.5) is 0 Å². The van der Waals surface area contributed by atoms with Crippen molar-refractivity contribution < 1.29 is 20.1 Å². The third kappa shape index (κ3) is 58.4. The summed E-state index contributed by atoms with van der Waals surface area (Å²) in [6.07, 6.45) is 9.40. The second kappa shape index (κ2) is 25.3. The van der Waals surface area contributed by atoms with Gasteiger partial charge >= 0.3 is 0 Å². The lowest BCUT2D eigenvalue weighted by Gasteiger charge is -1.93. The number of hydrogen-bond donors (Lipinski definition) is 3. The summed E-state index contributed by atoms with van der Waals surface area (Å²) in [5, 5.41) is 24.0. The fraction of sp³-hybridized carbons (Fsp3) is 0.929.